The van der Waals surface area contributed by atoms with Crippen LogP contribution in [0.5, 0.6) is 0 Å². The number of hydrogen-bond acceptors (Lipinski definition) is 1. The Labute approximate surface area is 115 Å². The summed E-state index contributed by atoms with van der Waals surface area (Å²) in [5, 5.41) is 3.46. The molecule has 1 nitrogen and oxygen atoms in total. The van der Waals surface area contributed by atoms with Crippen LogP contribution < -0.4 is 5.32 Å². The van der Waals surface area contributed by atoms with Crippen molar-refractivity contribution in [1.82, 2.24) is 5.32 Å². The van der Waals surface area contributed by atoms with E-state index in [0.717, 1.165) is 19.5 Å². The van der Waals surface area contributed by atoms with Crippen LogP contribution in [0, 0.1) is 13.8 Å². The molecule has 1 aliphatic rings. The smallest absolute Gasteiger partial charge is 0.0243 e. The summed E-state index contributed by atoms with van der Waals surface area (Å²) in [7, 11) is 0. The minimum atomic E-state index is 0.290. The number of aryl methyl sites for hydroxylation is 2. The zero-order valence-corrected chi connectivity index (χ0v) is 11.7. The number of hydrogen-bond donors (Lipinski definition) is 1. The van der Waals surface area contributed by atoms with Gasteiger partial charge in [0.1, 0.15) is 0 Å². The van der Waals surface area contributed by atoms with Crippen molar-refractivity contribution in [3.63, 3.8) is 0 Å². The van der Waals surface area contributed by atoms with Gasteiger partial charge in [-0.05, 0) is 42.5 Å². The van der Waals surface area contributed by atoms with Crippen LogP contribution in [-0.2, 0) is 11.8 Å². The van der Waals surface area contributed by atoms with E-state index in [1.54, 1.807) is 0 Å². The standard InChI is InChI=1S/C18H21N/c1-14-7-6-8-15(2)17(14)11-18(12-19-13-18)16-9-4-3-5-10-16/h3-10,19H,11-13H2,1-2H3. The quantitative estimate of drug-likeness (QED) is 0.881. The fraction of sp³-hybridized carbons (Fsp3) is 0.333. The molecule has 0 atom stereocenters. The van der Waals surface area contributed by atoms with Crippen molar-refractivity contribution in [3.05, 3.63) is 70.8 Å². The lowest BCUT2D eigenvalue weighted by Crippen LogP contribution is -2.58. The highest BCUT2D eigenvalue weighted by Crippen LogP contribution is 2.34. The number of nitrogens with one attached hydrogen (secondary N) is 1. The van der Waals surface area contributed by atoms with E-state index >= 15 is 0 Å². The van der Waals surface area contributed by atoms with E-state index < -0.39 is 0 Å². The summed E-state index contributed by atoms with van der Waals surface area (Å²) in [6, 6.07) is 17.6. The maximum atomic E-state index is 3.46. The van der Waals surface area contributed by atoms with Crippen LogP contribution in [0.3, 0.4) is 0 Å². The molecule has 0 unspecified atom stereocenters. The van der Waals surface area contributed by atoms with E-state index in [9.17, 15) is 0 Å². The second-order valence-corrected chi connectivity index (χ2v) is 5.80. The topological polar surface area (TPSA) is 12.0 Å². The lowest BCUT2D eigenvalue weighted by Gasteiger charge is -2.44. The molecule has 19 heavy (non-hydrogen) atoms. The lowest BCUT2D eigenvalue weighted by molar-refractivity contribution is 0.274. The van der Waals surface area contributed by atoms with Gasteiger partial charge in [0, 0.05) is 18.5 Å². The monoisotopic (exact) mass is 251 g/mol. The summed E-state index contributed by atoms with van der Waals surface area (Å²) >= 11 is 0. The van der Waals surface area contributed by atoms with Gasteiger partial charge in [-0.15, -0.1) is 0 Å². The minimum absolute atomic E-state index is 0.290. The Morgan fingerprint density at radius 3 is 2.05 bits per heavy atom. The van der Waals surface area contributed by atoms with Gasteiger partial charge in [-0.2, -0.15) is 0 Å². The summed E-state index contributed by atoms with van der Waals surface area (Å²) in [5.41, 5.74) is 6.12. The molecule has 2 aromatic carbocycles. The van der Waals surface area contributed by atoms with Crippen molar-refractivity contribution in [3.8, 4) is 0 Å². The normalized spacial score (nSPS) is 16.9. The Morgan fingerprint density at radius 1 is 0.895 bits per heavy atom. The third kappa shape index (κ3) is 2.19. The molecule has 98 valence electrons. The van der Waals surface area contributed by atoms with Crippen molar-refractivity contribution < 1.29 is 0 Å². The Morgan fingerprint density at radius 2 is 1.53 bits per heavy atom. The largest absolute Gasteiger partial charge is 0.315 e. The molecule has 0 amide bonds. The highest BCUT2D eigenvalue weighted by Gasteiger charge is 2.39. The fourth-order valence-electron chi connectivity index (χ4n) is 3.12. The molecule has 0 spiro atoms. The van der Waals surface area contributed by atoms with Gasteiger partial charge in [-0.25, -0.2) is 0 Å². The van der Waals surface area contributed by atoms with Crippen molar-refractivity contribution in [2.75, 3.05) is 13.1 Å². The Bertz CT molecular complexity index is 547. The summed E-state index contributed by atoms with van der Waals surface area (Å²) in [6.07, 6.45) is 1.14. The number of rotatable bonds is 3. The van der Waals surface area contributed by atoms with Gasteiger partial charge in [0.15, 0.2) is 0 Å². The van der Waals surface area contributed by atoms with Gasteiger partial charge in [-0.1, -0.05) is 48.5 Å². The van der Waals surface area contributed by atoms with Gasteiger partial charge in [0.05, 0.1) is 0 Å². The summed E-state index contributed by atoms with van der Waals surface area (Å²) in [5.74, 6) is 0. The zero-order valence-electron chi connectivity index (χ0n) is 11.7. The molecular weight excluding hydrogens is 230 g/mol. The van der Waals surface area contributed by atoms with Crippen molar-refractivity contribution in [2.45, 2.75) is 25.7 Å². The molecule has 1 heteroatoms. The first-order valence-electron chi connectivity index (χ1n) is 7.03. The fourth-order valence-corrected chi connectivity index (χ4v) is 3.12. The summed E-state index contributed by atoms with van der Waals surface area (Å²) < 4.78 is 0. The first-order valence-corrected chi connectivity index (χ1v) is 7.03. The molecule has 1 fully saturated rings. The van der Waals surface area contributed by atoms with E-state index in [4.69, 9.17) is 0 Å². The zero-order chi connectivity index (χ0) is 13.3. The highest BCUT2D eigenvalue weighted by molar-refractivity contribution is 5.39. The molecule has 2 aromatic rings. The van der Waals surface area contributed by atoms with Crippen LogP contribution in [0.15, 0.2) is 48.5 Å². The minimum Gasteiger partial charge on any atom is -0.315 e. The van der Waals surface area contributed by atoms with Crippen LogP contribution in [0.4, 0.5) is 0 Å². The Hall–Kier alpha value is -1.60. The van der Waals surface area contributed by atoms with Gasteiger partial charge in [0.25, 0.3) is 0 Å². The third-order valence-electron chi connectivity index (χ3n) is 4.47. The first kappa shape index (κ1) is 12.4. The maximum Gasteiger partial charge on any atom is 0.0243 e. The molecule has 3 rings (SSSR count). The van der Waals surface area contributed by atoms with Crippen LogP contribution >= 0.6 is 0 Å². The van der Waals surface area contributed by atoms with Crippen LogP contribution in [0.1, 0.15) is 22.3 Å². The molecule has 1 aliphatic heterocycles. The predicted octanol–water partition coefficient (Wildman–Crippen LogP) is 3.39. The molecule has 1 heterocycles. The van der Waals surface area contributed by atoms with E-state index in [0.29, 0.717) is 0 Å². The maximum absolute atomic E-state index is 3.46. The van der Waals surface area contributed by atoms with E-state index in [1.807, 2.05) is 0 Å². The molecule has 1 N–H and O–H groups in total. The second kappa shape index (κ2) is 4.82. The predicted molar refractivity (Wildman–Crippen MR) is 80.6 cm³/mol. The average Bonchev–Trinajstić information content (AvgIpc) is 2.38. The van der Waals surface area contributed by atoms with E-state index in [1.165, 1.54) is 22.3 Å². The second-order valence-electron chi connectivity index (χ2n) is 5.80. The Kier molecular flexibility index (Phi) is 3.16. The van der Waals surface area contributed by atoms with Crippen molar-refractivity contribution >= 4 is 0 Å². The molecular formula is C18H21N. The van der Waals surface area contributed by atoms with E-state index in [2.05, 4.69) is 67.7 Å². The van der Waals surface area contributed by atoms with Crippen LogP contribution in [0.25, 0.3) is 0 Å². The van der Waals surface area contributed by atoms with Gasteiger partial charge >= 0.3 is 0 Å². The SMILES string of the molecule is Cc1cccc(C)c1CC1(c2ccccc2)CNC1. The van der Waals surface area contributed by atoms with Gasteiger partial charge in [-0.3, -0.25) is 0 Å². The van der Waals surface area contributed by atoms with Gasteiger partial charge in [0.2, 0.25) is 0 Å². The molecule has 0 aliphatic carbocycles. The van der Waals surface area contributed by atoms with Crippen LogP contribution in [-0.4, -0.2) is 13.1 Å². The molecule has 0 radical (unpaired) electrons. The third-order valence-corrected chi connectivity index (χ3v) is 4.47. The average molecular weight is 251 g/mol. The first-order chi connectivity index (χ1) is 9.21. The Balaban J connectivity index is 1.97. The highest BCUT2D eigenvalue weighted by atomic mass is 15.0. The summed E-state index contributed by atoms with van der Waals surface area (Å²) in [4.78, 5) is 0. The van der Waals surface area contributed by atoms with E-state index in [-0.39, 0.29) is 5.41 Å². The molecule has 0 bridgehead atoms. The number of benzene rings is 2. The van der Waals surface area contributed by atoms with Crippen molar-refractivity contribution in [2.24, 2.45) is 0 Å². The molecule has 0 saturated carbocycles. The lowest BCUT2D eigenvalue weighted by atomic mass is 9.70. The molecule has 1 saturated heterocycles. The van der Waals surface area contributed by atoms with Crippen LogP contribution in [0.2, 0.25) is 0 Å². The van der Waals surface area contributed by atoms with Gasteiger partial charge < -0.3 is 5.32 Å². The molecule has 0 aromatic heterocycles. The van der Waals surface area contributed by atoms with Crippen molar-refractivity contribution in [1.29, 1.82) is 0 Å². The summed E-state index contributed by atoms with van der Waals surface area (Å²) in [6.45, 7) is 6.63.